The van der Waals surface area contributed by atoms with E-state index in [-0.39, 0.29) is 6.04 Å². The molecule has 0 aliphatic heterocycles. The number of aliphatic hydroxyl groups excluding tert-OH is 1. The third-order valence-corrected chi connectivity index (χ3v) is 3.88. The summed E-state index contributed by atoms with van der Waals surface area (Å²) in [5.74, 6) is 1.10. The number of carbonyl (C=O) groups is 3. The van der Waals surface area contributed by atoms with Gasteiger partial charge in [0.15, 0.2) is 0 Å². The fraction of sp³-hybridized carbons (Fsp3) is 0.435. The highest BCUT2D eigenvalue weighted by molar-refractivity contribution is 5.93. The average Bonchev–Trinajstić information content (AvgIpc) is 2.67. The van der Waals surface area contributed by atoms with Crippen LogP contribution in [0.1, 0.15) is 51.8 Å². The zero-order valence-electron chi connectivity index (χ0n) is 18.4. The van der Waals surface area contributed by atoms with Gasteiger partial charge in [0.25, 0.3) is 5.91 Å². The first-order valence-corrected chi connectivity index (χ1v) is 9.70. The minimum Gasteiger partial charge on any atom is -0.444 e. The van der Waals surface area contributed by atoms with Crippen molar-refractivity contribution in [2.24, 2.45) is 0 Å². The van der Waals surface area contributed by atoms with E-state index < -0.39 is 42.2 Å². The van der Waals surface area contributed by atoms with Gasteiger partial charge in [0.2, 0.25) is 5.91 Å². The van der Waals surface area contributed by atoms with E-state index >= 15 is 0 Å². The SMILES string of the molecule is C#Cc1ccc(C(C(=O)NC(C)C)N(C#C)C(=O)C(CO)NC(=O)OC(C)(C)C)cc1. The van der Waals surface area contributed by atoms with Crippen LogP contribution in [0, 0.1) is 24.8 Å². The van der Waals surface area contributed by atoms with Gasteiger partial charge in [0, 0.05) is 17.6 Å². The predicted molar refractivity (Wildman–Crippen MR) is 116 cm³/mol. The Labute approximate surface area is 183 Å². The van der Waals surface area contributed by atoms with Gasteiger partial charge in [-0.15, -0.1) is 6.42 Å². The lowest BCUT2D eigenvalue weighted by Crippen LogP contribution is -2.53. The molecule has 0 saturated heterocycles. The van der Waals surface area contributed by atoms with Gasteiger partial charge in [-0.2, -0.15) is 0 Å². The molecule has 0 saturated carbocycles. The Morgan fingerprint density at radius 2 is 1.71 bits per heavy atom. The van der Waals surface area contributed by atoms with Gasteiger partial charge in [0.05, 0.1) is 6.61 Å². The number of alkyl carbamates (subject to hydrolysis) is 1. The average molecular weight is 428 g/mol. The van der Waals surface area contributed by atoms with Crippen molar-refractivity contribution in [1.82, 2.24) is 15.5 Å². The van der Waals surface area contributed by atoms with Crippen molar-refractivity contribution in [3.63, 3.8) is 0 Å². The molecule has 2 atom stereocenters. The maximum atomic E-state index is 13.1. The van der Waals surface area contributed by atoms with Crippen molar-refractivity contribution in [1.29, 1.82) is 0 Å². The molecule has 2 unspecified atom stereocenters. The first kappa shape index (κ1) is 25.5. The van der Waals surface area contributed by atoms with Crippen molar-refractivity contribution < 1.29 is 24.2 Å². The molecular formula is C23H29N3O5. The Morgan fingerprint density at radius 1 is 1.13 bits per heavy atom. The van der Waals surface area contributed by atoms with E-state index in [1.807, 2.05) is 0 Å². The van der Waals surface area contributed by atoms with E-state index in [1.165, 1.54) is 0 Å². The van der Waals surface area contributed by atoms with Crippen LogP contribution >= 0.6 is 0 Å². The van der Waals surface area contributed by atoms with E-state index in [0.717, 1.165) is 4.90 Å². The highest BCUT2D eigenvalue weighted by Gasteiger charge is 2.35. The van der Waals surface area contributed by atoms with Crippen molar-refractivity contribution in [2.45, 2.75) is 58.3 Å². The number of amides is 3. The minimum absolute atomic E-state index is 0.219. The van der Waals surface area contributed by atoms with Crippen molar-refractivity contribution in [3.8, 4) is 24.8 Å². The summed E-state index contributed by atoms with van der Waals surface area (Å²) in [4.78, 5) is 38.9. The number of aliphatic hydroxyl groups is 1. The van der Waals surface area contributed by atoms with Gasteiger partial charge >= 0.3 is 6.09 Å². The molecule has 0 radical (unpaired) electrons. The normalized spacial score (nSPS) is 12.7. The summed E-state index contributed by atoms with van der Waals surface area (Å²) < 4.78 is 5.12. The molecule has 1 rings (SSSR count). The van der Waals surface area contributed by atoms with Crippen LogP contribution in [0.5, 0.6) is 0 Å². The molecule has 1 aromatic rings. The van der Waals surface area contributed by atoms with E-state index in [0.29, 0.717) is 11.1 Å². The highest BCUT2D eigenvalue weighted by atomic mass is 16.6. The Balaban J connectivity index is 3.27. The minimum atomic E-state index is -1.41. The van der Waals surface area contributed by atoms with Crippen LogP contribution in [0.2, 0.25) is 0 Å². The number of rotatable bonds is 7. The summed E-state index contributed by atoms with van der Waals surface area (Å²) in [6, 6.07) is 5.78. The molecule has 0 aliphatic carbocycles. The molecule has 0 aromatic heterocycles. The molecule has 166 valence electrons. The number of hydrogen-bond donors (Lipinski definition) is 3. The summed E-state index contributed by atoms with van der Waals surface area (Å²) in [7, 11) is 0. The summed E-state index contributed by atoms with van der Waals surface area (Å²) in [5, 5.41) is 14.7. The lowest BCUT2D eigenvalue weighted by Gasteiger charge is -2.30. The van der Waals surface area contributed by atoms with Gasteiger partial charge in [-0.1, -0.05) is 24.5 Å². The summed E-state index contributed by atoms with van der Waals surface area (Å²) >= 11 is 0. The zero-order valence-corrected chi connectivity index (χ0v) is 18.4. The number of ether oxygens (including phenoxy) is 1. The maximum Gasteiger partial charge on any atom is 0.408 e. The van der Waals surface area contributed by atoms with Crippen LogP contribution < -0.4 is 10.6 Å². The third-order valence-electron chi connectivity index (χ3n) is 3.88. The fourth-order valence-electron chi connectivity index (χ4n) is 2.61. The summed E-state index contributed by atoms with van der Waals surface area (Å²) in [6.45, 7) is 7.75. The van der Waals surface area contributed by atoms with Crippen LogP contribution in [-0.4, -0.2) is 52.2 Å². The molecule has 0 bridgehead atoms. The molecule has 8 nitrogen and oxygen atoms in total. The molecule has 0 spiro atoms. The molecule has 0 fully saturated rings. The number of hydrogen-bond acceptors (Lipinski definition) is 5. The highest BCUT2D eigenvalue weighted by Crippen LogP contribution is 2.23. The lowest BCUT2D eigenvalue weighted by molar-refractivity contribution is -0.139. The fourth-order valence-corrected chi connectivity index (χ4v) is 2.61. The summed E-state index contributed by atoms with van der Waals surface area (Å²) in [5.41, 5.74) is 0.194. The van der Waals surface area contributed by atoms with Crippen LogP contribution in [-0.2, 0) is 14.3 Å². The Hall–Kier alpha value is -3.49. The summed E-state index contributed by atoms with van der Waals surface area (Å²) in [6.07, 6.45) is 10.1. The second-order valence-electron chi connectivity index (χ2n) is 8.05. The quantitative estimate of drug-likeness (QED) is 0.452. The largest absolute Gasteiger partial charge is 0.444 e. The van der Waals surface area contributed by atoms with Crippen molar-refractivity contribution >= 4 is 17.9 Å². The maximum absolute atomic E-state index is 13.1. The molecule has 3 N–H and O–H groups in total. The molecule has 3 amide bonds. The molecule has 8 heteroatoms. The Morgan fingerprint density at radius 3 is 2.13 bits per heavy atom. The van der Waals surface area contributed by atoms with Crippen molar-refractivity contribution in [3.05, 3.63) is 35.4 Å². The van der Waals surface area contributed by atoms with Crippen LogP contribution in [0.4, 0.5) is 4.79 Å². The number of terminal acetylenes is 2. The van der Waals surface area contributed by atoms with E-state index in [9.17, 15) is 19.5 Å². The van der Waals surface area contributed by atoms with Gasteiger partial charge in [0.1, 0.15) is 17.7 Å². The van der Waals surface area contributed by atoms with Crippen LogP contribution in [0.25, 0.3) is 0 Å². The smallest absolute Gasteiger partial charge is 0.408 e. The van der Waals surface area contributed by atoms with E-state index in [1.54, 1.807) is 58.9 Å². The second-order valence-corrected chi connectivity index (χ2v) is 8.05. The first-order chi connectivity index (χ1) is 14.4. The lowest BCUT2D eigenvalue weighted by atomic mass is 10.0. The molecule has 0 aliphatic rings. The van der Waals surface area contributed by atoms with Crippen molar-refractivity contribution in [2.75, 3.05) is 6.61 Å². The Kier molecular flexibility index (Phi) is 9.11. The van der Waals surface area contributed by atoms with E-state index in [4.69, 9.17) is 17.6 Å². The molecule has 1 aromatic carbocycles. The first-order valence-electron chi connectivity index (χ1n) is 9.70. The third kappa shape index (κ3) is 7.69. The predicted octanol–water partition coefficient (Wildman–Crippen LogP) is 1.54. The van der Waals surface area contributed by atoms with E-state index in [2.05, 4.69) is 22.6 Å². The zero-order chi connectivity index (χ0) is 23.8. The monoisotopic (exact) mass is 427 g/mol. The Bertz CT molecular complexity index is 872. The molecule has 31 heavy (non-hydrogen) atoms. The van der Waals surface area contributed by atoms with Gasteiger partial charge in [-0.05, 0) is 52.3 Å². The van der Waals surface area contributed by atoms with Gasteiger partial charge in [-0.25, -0.2) is 4.79 Å². The number of nitrogens with zero attached hydrogens (tertiary/aromatic N) is 1. The topological polar surface area (TPSA) is 108 Å². The number of benzene rings is 1. The molecular weight excluding hydrogens is 398 g/mol. The molecule has 0 heterocycles. The second kappa shape index (κ2) is 11.1. The number of nitrogens with one attached hydrogen (secondary N) is 2. The van der Waals surface area contributed by atoms with Crippen LogP contribution in [0.15, 0.2) is 24.3 Å². The van der Waals surface area contributed by atoms with Crippen LogP contribution in [0.3, 0.4) is 0 Å². The number of carbonyl (C=O) groups excluding carboxylic acids is 3. The standard InChI is InChI=1S/C23H29N3O5/c1-8-16-10-12-17(13-11-16)19(20(28)24-15(3)4)26(9-2)21(29)18(14-27)25-22(30)31-23(5,6)7/h1-2,10-13,15,18-19,27H,14H2,3-7H3,(H,24,28)(H,25,30). The van der Waals surface area contributed by atoms with Gasteiger partial charge in [-0.3, -0.25) is 14.5 Å². The van der Waals surface area contributed by atoms with Gasteiger partial charge < -0.3 is 20.5 Å².